The van der Waals surface area contributed by atoms with E-state index in [2.05, 4.69) is 6.58 Å². The van der Waals surface area contributed by atoms with E-state index in [4.69, 9.17) is 15.4 Å². The summed E-state index contributed by atoms with van der Waals surface area (Å²) in [6.45, 7) is 7.27. The van der Waals surface area contributed by atoms with Crippen molar-refractivity contribution in [3.63, 3.8) is 0 Å². The highest BCUT2D eigenvalue weighted by Crippen LogP contribution is 2.10. The summed E-state index contributed by atoms with van der Waals surface area (Å²) in [5.41, 5.74) is 6.08. The number of benzene rings is 1. The van der Waals surface area contributed by atoms with Crippen molar-refractivity contribution in [3.05, 3.63) is 36.4 Å². The average Bonchev–Trinajstić information content (AvgIpc) is 2.45. The summed E-state index contributed by atoms with van der Waals surface area (Å²) < 4.78 is 29.7. The molecule has 0 bridgehead atoms. The van der Waals surface area contributed by atoms with Gasteiger partial charge in [0.05, 0.1) is 4.90 Å². The van der Waals surface area contributed by atoms with Crippen LogP contribution in [0, 0.1) is 5.92 Å². The third-order valence-corrected chi connectivity index (χ3v) is 3.82. The Labute approximate surface area is 125 Å². The average molecular weight is 315 g/mol. The van der Waals surface area contributed by atoms with Crippen LogP contribution in [0.2, 0.25) is 0 Å². The van der Waals surface area contributed by atoms with Crippen molar-refractivity contribution in [2.45, 2.75) is 31.2 Å². The molecular formula is C14H21NO5S. The Morgan fingerprint density at radius 3 is 2.10 bits per heavy atom. The van der Waals surface area contributed by atoms with Gasteiger partial charge in [-0.05, 0) is 23.6 Å². The van der Waals surface area contributed by atoms with Crippen molar-refractivity contribution < 1.29 is 22.9 Å². The van der Waals surface area contributed by atoms with E-state index in [1.54, 1.807) is 18.2 Å². The van der Waals surface area contributed by atoms with Gasteiger partial charge in [0.15, 0.2) is 0 Å². The molecule has 0 aromatic heterocycles. The molecule has 0 radical (unpaired) electrons. The lowest BCUT2D eigenvalue weighted by atomic mass is 10.0. The molecule has 0 unspecified atom stereocenters. The Kier molecular flexibility index (Phi) is 7.86. The summed E-state index contributed by atoms with van der Waals surface area (Å²) in [6, 6.07) is 5.08. The van der Waals surface area contributed by atoms with Crippen LogP contribution in [-0.4, -0.2) is 30.1 Å². The summed E-state index contributed by atoms with van der Waals surface area (Å²) in [5.74, 6) is -0.841. The predicted molar refractivity (Wildman–Crippen MR) is 81.4 cm³/mol. The molecule has 2 atom stereocenters. The van der Waals surface area contributed by atoms with Crippen LogP contribution in [0.5, 0.6) is 0 Å². The zero-order chi connectivity index (χ0) is 16.6. The Bertz CT molecular complexity index is 566. The second-order valence-corrected chi connectivity index (χ2v) is 5.92. The van der Waals surface area contributed by atoms with Crippen molar-refractivity contribution in [1.29, 1.82) is 0 Å². The topological polar surface area (TPSA) is 118 Å². The highest BCUT2D eigenvalue weighted by Gasteiger charge is 2.17. The molecular weight excluding hydrogens is 294 g/mol. The summed E-state index contributed by atoms with van der Waals surface area (Å²) in [4.78, 5) is 10.1. The fraction of sp³-hybridized carbons (Fsp3) is 0.357. The first-order chi connectivity index (χ1) is 9.63. The zero-order valence-electron chi connectivity index (χ0n) is 12.1. The van der Waals surface area contributed by atoms with Crippen LogP contribution in [0.25, 0.3) is 6.08 Å². The minimum atomic E-state index is -4.06. The predicted octanol–water partition coefficient (Wildman–Crippen LogP) is 2.02. The normalized spacial score (nSPS) is 13.5. The van der Waals surface area contributed by atoms with Gasteiger partial charge in [0.25, 0.3) is 10.1 Å². The fourth-order valence-corrected chi connectivity index (χ4v) is 1.75. The molecule has 1 aromatic carbocycles. The molecule has 1 aromatic rings. The molecule has 6 nitrogen and oxygen atoms in total. The van der Waals surface area contributed by atoms with Crippen molar-refractivity contribution in [2.24, 2.45) is 11.7 Å². The molecule has 1 rings (SSSR count). The Morgan fingerprint density at radius 1 is 1.38 bits per heavy atom. The summed E-state index contributed by atoms with van der Waals surface area (Å²) in [5, 5.41) is 8.36. The first kappa shape index (κ1) is 19.3. The van der Waals surface area contributed by atoms with Gasteiger partial charge in [-0.2, -0.15) is 8.42 Å². The second kappa shape index (κ2) is 8.56. The molecule has 0 amide bonds. The van der Waals surface area contributed by atoms with Gasteiger partial charge < -0.3 is 10.8 Å². The van der Waals surface area contributed by atoms with E-state index in [9.17, 15) is 13.2 Å². The van der Waals surface area contributed by atoms with Crippen molar-refractivity contribution in [2.75, 3.05) is 0 Å². The van der Waals surface area contributed by atoms with Gasteiger partial charge in [-0.3, -0.25) is 9.35 Å². The fourth-order valence-electron chi connectivity index (χ4n) is 1.27. The maximum absolute atomic E-state index is 10.6. The number of carbonyl (C=O) groups is 1. The second-order valence-electron chi connectivity index (χ2n) is 4.50. The van der Waals surface area contributed by atoms with E-state index in [-0.39, 0.29) is 10.8 Å². The minimum Gasteiger partial charge on any atom is -0.480 e. The van der Waals surface area contributed by atoms with Gasteiger partial charge in [0.2, 0.25) is 0 Å². The van der Waals surface area contributed by atoms with E-state index in [0.29, 0.717) is 0 Å². The number of carboxylic acids is 1. The largest absolute Gasteiger partial charge is 0.480 e. The molecule has 0 aliphatic heterocycles. The molecule has 0 heterocycles. The molecule has 21 heavy (non-hydrogen) atoms. The molecule has 0 saturated heterocycles. The molecule has 118 valence electrons. The SMILES string of the molecule is C=Cc1ccc(S(=O)(=O)O)cc1.CC[C@H](C)[C@H](N)C(=O)O. The molecule has 0 spiro atoms. The maximum atomic E-state index is 10.6. The van der Waals surface area contributed by atoms with Crippen LogP contribution in [0.15, 0.2) is 35.7 Å². The monoisotopic (exact) mass is 315 g/mol. The van der Waals surface area contributed by atoms with Gasteiger partial charge in [0.1, 0.15) is 6.04 Å². The zero-order valence-corrected chi connectivity index (χ0v) is 12.9. The molecule has 0 fully saturated rings. The van der Waals surface area contributed by atoms with Crippen molar-refractivity contribution in [3.8, 4) is 0 Å². The number of hydrogen-bond acceptors (Lipinski definition) is 4. The summed E-state index contributed by atoms with van der Waals surface area (Å²) >= 11 is 0. The highest BCUT2D eigenvalue weighted by molar-refractivity contribution is 7.85. The quantitative estimate of drug-likeness (QED) is 0.715. The molecule has 0 saturated carbocycles. The number of hydrogen-bond donors (Lipinski definition) is 3. The third kappa shape index (κ3) is 7.03. The Morgan fingerprint density at radius 2 is 1.86 bits per heavy atom. The van der Waals surface area contributed by atoms with Crippen LogP contribution in [0.1, 0.15) is 25.8 Å². The van der Waals surface area contributed by atoms with Gasteiger partial charge in [-0.15, -0.1) is 0 Å². The highest BCUT2D eigenvalue weighted by atomic mass is 32.2. The number of nitrogens with two attached hydrogens (primary N) is 1. The first-order valence-corrected chi connectivity index (χ1v) is 7.75. The van der Waals surface area contributed by atoms with E-state index < -0.39 is 22.1 Å². The lowest BCUT2D eigenvalue weighted by molar-refractivity contribution is -0.139. The number of aliphatic carboxylic acids is 1. The van der Waals surface area contributed by atoms with E-state index in [1.807, 2.05) is 13.8 Å². The number of rotatable bonds is 5. The van der Waals surface area contributed by atoms with E-state index in [1.165, 1.54) is 12.1 Å². The lowest BCUT2D eigenvalue weighted by Gasteiger charge is -2.11. The third-order valence-electron chi connectivity index (χ3n) is 2.96. The Balaban J connectivity index is 0.000000400. The molecule has 0 aliphatic rings. The van der Waals surface area contributed by atoms with Gasteiger partial charge in [0, 0.05) is 0 Å². The van der Waals surface area contributed by atoms with Gasteiger partial charge in [-0.25, -0.2) is 0 Å². The van der Waals surface area contributed by atoms with E-state index >= 15 is 0 Å². The smallest absolute Gasteiger partial charge is 0.320 e. The minimum absolute atomic E-state index is 0.0718. The van der Waals surface area contributed by atoms with Crippen LogP contribution < -0.4 is 5.73 Å². The molecule has 4 N–H and O–H groups in total. The maximum Gasteiger partial charge on any atom is 0.320 e. The first-order valence-electron chi connectivity index (χ1n) is 6.31. The Hall–Kier alpha value is -1.70. The molecule has 0 aliphatic carbocycles. The molecule has 7 heteroatoms. The lowest BCUT2D eigenvalue weighted by Crippen LogP contribution is -2.36. The van der Waals surface area contributed by atoms with E-state index in [0.717, 1.165) is 12.0 Å². The summed E-state index contributed by atoms with van der Waals surface area (Å²) in [6.07, 6.45) is 2.40. The van der Waals surface area contributed by atoms with Gasteiger partial charge >= 0.3 is 5.97 Å². The summed E-state index contributed by atoms with van der Waals surface area (Å²) in [7, 11) is -4.06. The number of carboxylic acid groups (broad SMARTS) is 1. The van der Waals surface area contributed by atoms with Crippen LogP contribution in [0.3, 0.4) is 0 Å². The van der Waals surface area contributed by atoms with Gasteiger partial charge in [-0.1, -0.05) is 45.1 Å². The van der Waals surface area contributed by atoms with Crippen molar-refractivity contribution >= 4 is 22.2 Å². The van der Waals surface area contributed by atoms with Crippen LogP contribution >= 0.6 is 0 Å². The standard InChI is InChI=1S/C8H8O3S.C6H13NO2/c1-2-7-3-5-8(6-4-7)12(9,10)11;1-3-4(2)5(7)6(8)9/h2-6H,1H2,(H,9,10,11);4-5H,3,7H2,1-2H3,(H,8,9)/t;4-,5-/m.0/s1. The van der Waals surface area contributed by atoms with Crippen LogP contribution in [0.4, 0.5) is 0 Å². The van der Waals surface area contributed by atoms with Crippen LogP contribution in [-0.2, 0) is 14.9 Å². The van der Waals surface area contributed by atoms with Crippen molar-refractivity contribution in [1.82, 2.24) is 0 Å².